The molecule has 0 unspecified atom stereocenters. The molecule has 0 aliphatic heterocycles. The van der Waals surface area contributed by atoms with E-state index >= 15 is 0 Å². The number of quaternary nitrogens is 1. The number of benzene rings is 1. The molecular formula is C49H82NO3+. The van der Waals surface area contributed by atoms with Crippen molar-refractivity contribution in [2.24, 2.45) is 0 Å². The third kappa shape index (κ3) is 24.9. The van der Waals surface area contributed by atoms with Crippen molar-refractivity contribution in [3.63, 3.8) is 0 Å². The van der Waals surface area contributed by atoms with Gasteiger partial charge in [-0.25, -0.2) is 0 Å². The molecule has 0 saturated heterocycles. The summed E-state index contributed by atoms with van der Waals surface area (Å²) < 4.78 is 20.9. The number of unbranched alkanes of at least 4 members (excludes halogenated alkanes) is 18. The zero-order valence-corrected chi connectivity index (χ0v) is 34.9. The van der Waals surface area contributed by atoms with Gasteiger partial charge in [0.15, 0.2) is 11.5 Å². The van der Waals surface area contributed by atoms with Crippen molar-refractivity contribution >= 4 is 0 Å². The number of hydrogen-bond donors (Lipinski definition) is 0. The van der Waals surface area contributed by atoms with Crippen LogP contribution in [0.25, 0.3) is 0 Å². The van der Waals surface area contributed by atoms with Gasteiger partial charge in [-0.05, 0) is 90.7 Å². The van der Waals surface area contributed by atoms with E-state index in [-0.39, 0.29) is 0 Å². The van der Waals surface area contributed by atoms with Gasteiger partial charge in [-0.15, -0.1) is 0 Å². The Labute approximate surface area is 328 Å². The molecule has 0 bridgehead atoms. The molecule has 300 valence electrons. The molecule has 0 amide bonds. The van der Waals surface area contributed by atoms with Crippen LogP contribution in [0, 0.1) is 0 Å². The number of allylic oxidation sites excluding steroid dienone is 9. The normalized spacial score (nSPS) is 11.9. The van der Waals surface area contributed by atoms with Crippen LogP contribution in [-0.4, -0.2) is 43.9 Å². The van der Waals surface area contributed by atoms with Crippen molar-refractivity contribution < 1.29 is 18.7 Å². The number of ether oxygens (including phenoxy) is 3. The fourth-order valence-electron chi connectivity index (χ4n) is 6.80. The summed E-state index contributed by atoms with van der Waals surface area (Å²) in [7, 11) is 0. The van der Waals surface area contributed by atoms with Crippen molar-refractivity contribution in [3.8, 4) is 17.2 Å². The summed E-state index contributed by atoms with van der Waals surface area (Å²) in [5, 5.41) is 0. The maximum absolute atomic E-state index is 6.61. The minimum Gasteiger partial charge on any atom is -0.490 e. The van der Waals surface area contributed by atoms with E-state index < -0.39 is 0 Å². The minimum absolute atomic E-state index is 0.691. The standard InChI is InChI=1S/C49H82NO3/c1-7-13-16-19-22-25-28-31-34-37-40-51-47-43-46(45-50(10-4,11-5)12-6)44-48(52-41-38-35-32-29-26-23-20-17-14-8-2)49(47)53-42-39-36-33-30-27-24-21-18-15-9-3/h7-9,13-18,43-44H,1-3,10-12,19-42,45H2,4-6H3/q+1/b16-13+,17-14+,18-15+. The predicted molar refractivity (Wildman–Crippen MR) is 233 cm³/mol. The Hall–Kier alpha value is -2.98. The van der Waals surface area contributed by atoms with E-state index in [1.54, 1.807) is 0 Å². The first-order valence-corrected chi connectivity index (χ1v) is 21.8. The average molecular weight is 733 g/mol. The largest absolute Gasteiger partial charge is 0.490 e. The first kappa shape index (κ1) is 48.0. The Morgan fingerprint density at radius 1 is 0.453 bits per heavy atom. The first-order chi connectivity index (χ1) is 26.1. The van der Waals surface area contributed by atoms with E-state index in [9.17, 15) is 0 Å². The lowest BCUT2D eigenvalue weighted by atomic mass is 10.1. The van der Waals surface area contributed by atoms with Gasteiger partial charge in [0.05, 0.1) is 39.5 Å². The molecule has 1 aromatic rings. The summed E-state index contributed by atoms with van der Waals surface area (Å²) in [5.74, 6) is 2.54. The Kier molecular flexibility index (Phi) is 31.5. The second-order valence-corrected chi connectivity index (χ2v) is 14.6. The Bertz CT molecular complexity index is 1060. The SMILES string of the molecule is C=C/C=C/CCCCCCCCOc1cc(C[N+](CC)(CC)CC)cc(OCCCCCCCC/C=C/C=C)c1OCCCCCCCC/C=C/C=C. The Balaban J connectivity index is 2.93. The van der Waals surface area contributed by atoms with E-state index in [1.165, 1.54) is 102 Å². The lowest BCUT2D eigenvalue weighted by Crippen LogP contribution is -2.46. The van der Waals surface area contributed by atoms with E-state index in [0.717, 1.165) is 86.4 Å². The highest BCUT2D eigenvalue weighted by molar-refractivity contribution is 5.54. The Morgan fingerprint density at radius 2 is 0.774 bits per heavy atom. The van der Waals surface area contributed by atoms with Crippen LogP contribution in [0.3, 0.4) is 0 Å². The third-order valence-corrected chi connectivity index (χ3v) is 10.5. The number of nitrogens with zero attached hydrogens (tertiary/aromatic N) is 1. The summed E-state index contributed by atoms with van der Waals surface area (Å²) in [6.45, 7) is 24.6. The second-order valence-electron chi connectivity index (χ2n) is 14.6. The van der Waals surface area contributed by atoms with Crippen molar-refractivity contribution in [1.82, 2.24) is 0 Å². The molecule has 1 rings (SSSR count). The van der Waals surface area contributed by atoms with E-state index in [0.29, 0.717) is 19.8 Å². The third-order valence-electron chi connectivity index (χ3n) is 10.5. The molecule has 0 heterocycles. The molecule has 0 N–H and O–H groups in total. The van der Waals surface area contributed by atoms with Crippen LogP contribution in [0.15, 0.2) is 86.6 Å². The van der Waals surface area contributed by atoms with Gasteiger partial charge in [0.2, 0.25) is 5.75 Å². The topological polar surface area (TPSA) is 27.7 Å². The molecule has 4 nitrogen and oxygen atoms in total. The molecule has 0 saturated carbocycles. The summed E-state index contributed by atoms with van der Waals surface area (Å²) in [5.41, 5.74) is 1.28. The number of rotatable bonds is 38. The minimum atomic E-state index is 0.691. The molecular weight excluding hydrogens is 651 g/mol. The van der Waals surface area contributed by atoms with Crippen LogP contribution >= 0.6 is 0 Å². The van der Waals surface area contributed by atoms with Gasteiger partial charge in [0, 0.05) is 5.56 Å². The highest BCUT2D eigenvalue weighted by Gasteiger charge is 2.24. The Morgan fingerprint density at radius 3 is 1.11 bits per heavy atom. The molecule has 0 aromatic heterocycles. The van der Waals surface area contributed by atoms with Crippen molar-refractivity contribution in [2.45, 2.75) is 162 Å². The molecule has 0 fully saturated rings. The lowest BCUT2D eigenvalue weighted by Gasteiger charge is -2.36. The maximum atomic E-state index is 6.61. The van der Waals surface area contributed by atoms with Crippen LogP contribution in [0.5, 0.6) is 17.2 Å². The van der Waals surface area contributed by atoms with Crippen LogP contribution in [0.1, 0.15) is 161 Å². The monoisotopic (exact) mass is 733 g/mol. The van der Waals surface area contributed by atoms with Crippen molar-refractivity contribution in [1.29, 1.82) is 0 Å². The summed E-state index contributed by atoms with van der Waals surface area (Å²) in [6, 6.07) is 4.52. The van der Waals surface area contributed by atoms with Crippen LogP contribution in [0.4, 0.5) is 0 Å². The maximum Gasteiger partial charge on any atom is 0.203 e. The van der Waals surface area contributed by atoms with Crippen LogP contribution in [-0.2, 0) is 6.54 Å². The first-order valence-electron chi connectivity index (χ1n) is 21.8. The van der Waals surface area contributed by atoms with Crippen molar-refractivity contribution in [2.75, 3.05) is 39.5 Å². The van der Waals surface area contributed by atoms with Gasteiger partial charge < -0.3 is 18.7 Å². The molecule has 0 atom stereocenters. The van der Waals surface area contributed by atoms with Gasteiger partial charge in [-0.1, -0.05) is 151 Å². The average Bonchev–Trinajstić information content (AvgIpc) is 3.17. The summed E-state index contributed by atoms with van der Waals surface area (Å²) in [4.78, 5) is 0. The highest BCUT2D eigenvalue weighted by Crippen LogP contribution is 2.40. The van der Waals surface area contributed by atoms with Gasteiger partial charge >= 0.3 is 0 Å². The van der Waals surface area contributed by atoms with Crippen LogP contribution < -0.4 is 14.2 Å². The fraction of sp³-hybridized carbons (Fsp3) is 0.633. The fourth-order valence-corrected chi connectivity index (χ4v) is 6.80. The quantitative estimate of drug-likeness (QED) is 0.0385. The highest BCUT2D eigenvalue weighted by atomic mass is 16.5. The van der Waals surface area contributed by atoms with Crippen LogP contribution in [0.2, 0.25) is 0 Å². The van der Waals surface area contributed by atoms with E-state index in [2.05, 4.69) is 70.9 Å². The zero-order valence-electron chi connectivity index (χ0n) is 34.9. The molecule has 1 aromatic carbocycles. The van der Waals surface area contributed by atoms with Gasteiger partial charge in [-0.2, -0.15) is 0 Å². The number of hydrogen-bond acceptors (Lipinski definition) is 3. The second kappa shape index (κ2) is 34.8. The zero-order chi connectivity index (χ0) is 38.5. The van der Waals surface area contributed by atoms with Gasteiger partial charge in [0.25, 0.3) is 0 Å². The lowest BCUT2D eigenvalue weighted by molar-refractivity contribution is -0.936. The smallest absolute Gasteiger partial charge is 0.203 e. The molecule has 53 heavy (non-hydrogen) atoms. The van der Waals surface area contributed by atoms with E-state index in [4.69, 9.17) is 14.2 Å². The van der Waals surface area contributed by atoms with E-state index in [1.807, 2.05) is 36.5 Å². The summed E-state index contributed by atoms with van der Waals surface area (Å²) in [6.07, 6.45) is 43.8. The van der Waals surface area contributed by atoms with Crippen molar-refractivity contribution in [3.05, 3.63) is 92.1 Å². The predicted octanol–water partition coefficient (Wildman–Crippen LogP) is 14.6. The molecule has 0 aliphatic carbocycles. The molecule has 4 heteroatoms. The van der Waals surface area contributed by atoms with Gasteiger partial charge in [-0.3, -0.25) is 0 Å². The van der Waals surface area contributed by atoms with Gasteiger partial charge in [0.1, 0.15) is 6.54 Å². The summed E-state index contributed by atoms with van der Waals surface area (Å²) >= 11 is 0. The molecule has 0 radical (unpaired) electrons. The molecule has 0 aliphatic rings. The molecule has 0 spiro atoms.